The number of aromatic amines is 4. The average Bonchev–Trinajstić information content (AvgIpc) is 3.96. The number of piperidine rings is 1. The highest BCUT2D eigenvalue weighted by Gasteiger charge is 2.42. The van der Waals surface area contributed by atoms with E-state index in [1.54, 1.807) is 22.7 Å². The largest absolute Gasteiger partial charge is 0.370 e. The van der Waals surface area contributed by atoms with Crippen LogP contribution in [0.5, 0.6) is 0 Å². The number of nitrogens with one attached hydrogen (secondary N) is 4. The molecule has 0 bridgehead atoms. The maximum atomic E-state index is 14.0. The van der Waals surface area contributed by atoms with E-state index in [9.17, 15) is 19.2 Å². The summed E-state index contributed by atoms with van der Waals surface area (Å²) in [6.07, 6.45) is 6.08. The van der Waals surface area contributed by atoms with Gasteiger partial charge in [-0.15, -0.1) is 0 Å². The zero-order valence-electron chi connectivity index (χ0n) is 36.7. The second kappa shape index (κ2) is 19.1. The van der Waals surface area contributed by atoms with Gasteiger partial charge in [-0.2, -0.15) is 0 Å². The van der Waals surface area contributed by atoms with Crippen LogP contribution in [0, 0.1) is 9.28 Å². The highest BCUT2D eigenvalue weighted by Crippen LogP contribution is 2.38. The van der Waals surface area contributed by atoms with Gasteiger partial charge in [-0.3, -0.25) is 39.6 Å². The van der Waals surface area contributed by atoms with Gasteiger partial charge in [-0.05, 0) is 48.6 Å². The number of nitrogens with zero attached hydrogens (tertiary/aromatic N) is 8. The summed E-state index contributed by atoms with van der Waals surface area (Å²) in [6.45, 7) is 10.3. The highest BCUT2D eigenvalue weighted by atomic mass is 32.1. The van der Waals surface area contributed by atoms with Crippen molar-refractivity contribution >= 4 is 64.0 Å². The van der Waals surface area contributed by atoms with Crippen molar-refractivity contribution in [3.05, 3.63) is 187 Å². The Kier molecular flexibility index (Phi) is 12.7. The van der Waals surface area contributed by atoms with Crippen LogP contribution < -0.4 is 16.0 Å². The summed E-state index contributed by atoms with van der Waals surface area (Å²) in [5, 5.41) is 11.2. The number of fused-ring (bicyclic) bond motifs is 2. The number of hydrogen-bond acceptors (Lipinski definition) is 11. The van der Waals surface area contributed by atoms with Crippen LogP contribution >= 0.6 is 24.4 Å². The smallest absolute Gasteiger partial charge is 0.276 e. The number of amides is 1. The van der Waals surface area contributed by atoms with Crippen molar-refractivity contribution in [1.29, 1.82) is 0 Å². The first kappa shape index (κ1) is 44.6. The van der Waals surface area contributed by atoms with Gasteiger partial charge >= 0.3 is 0 Å². The van der Waals surface area contributed by atoms with Crippen molar-refractivity contribution in [1.82, 2.24) is 54.3 Å². The summed E-state index contributed by atoms with van der Waals surface area (Å²) in [7, 11) is 0. The Labute approximate surface area is 394 Å². The number of pyridine rings is 1. The minimum Gasteiger partial charge on any atom is -0.370 e. The molecule has 1 amide bonds. The van der Waals surface area contributed by atoms with Gasteiger partial charge in [-0.25, -0.2) is 15.0 Å². The molecule has 67 heavy (non-hydrogen) atoms. The minimum absolute atomic E-state index is 0.110. The number of H-pyrrole nitrogens is 4. The Morgan fingerprint density at radius 1 is 0.612 bits per heavy atom. The third kappa shape index (κ3) is 8.68. The van der Waals surface area contributed by atoms with Crippen molar-refractivity contribution in [3.8, 4) is 0 Å². The number of benzene rings is 3. The fourth-order valence-electron chi connectivity index (χ4n) is 9.28. The first-order chi connectivity index (χ1) is 32.6. The van der Waals surface area contributed by atoms with Crippen molar-refractivity contribution in [2.75, 3.05) is 44.2 Å². The van der Waals surface area contributed by atoms with E-state index in [2.05, 4.69) is 51.7 Å². The minimum atomic E-state index is -0.781. The van der Waals surface area contributed by atoms with Gasteiger partial charge in [0.2, 0.25) is 5.91 Å². The fraction of sp³-hybridized carbons (Fsp3) is 0.245. The maximum Gasteiger partial charge on any atom is 0.276 e. The molecule has 0 aliphatic carbocycles. The van der Waals surface area contributed by atoms with Crippen LogP contribution in [0.3, 0.4) is 0 Å². The maximum absolute atomic E-state index is 14.0. The van der Waals surface area contributed by atoms with Crippen LogP contribution in [0.25, 0.3) is 22.1 Å². The molecule has 0 saturated carbocycles. The summed E-state index contributed by atoms with van der Waals surface area (Å²) >= 11 is 11.4. The number of carbonyl (C=O) groups is 2. The number of carbonyl (C=O) groups excluding carboxylic acids is 2. The standard InChI is InChI=1S/C26H25N5O3S.C23H23N7OS/c1-17(32)26(19-10-6-3-7-11-19)12-14-30(15-13-26)24(34)21(18-8-4-2-5-9-18)31-16-27-22-20(25(31)35)23(33)29-28-22;1-16(28-11-13-29(14-12-28)18-9-5-6-10-24-18)20(17-7-3-2-4-8-17)30-15-25-21-19(23(30)32)22(31)27-26-21/h2-11,16,21H,12-15H2,1H3,(H2,28,29,33);2-10,15,20H,1,11-14H2,(H2,26,27,31). The Morgan fingerprint density at radius 2 is 1.10 bits per heavy atom. The predicted octanol–water partition coefficient (Wildman–Crippen LogP) is 6.62. The summed E-state index contributed by atoms with van der Waals surface area (Å²) < 4.78 is 4.12. The number of rotatable bonds is 10. The topological polar surface area (TPSA) is 190 Å². The zero-order valence-corrected chi connectivity index (χ0v) is 38.3. The van der Waals surface area contributed by atoms with Crippen LogP contribution in [-0.2, 0) is 15.0 Å². The molecule has 2 aliphatic rings. The van der Waals surface area contributed by atoms with E-state index in [0.717, 1.165) is 54.4 Å². The first-order valence-corrected chi connectivity index (χ1v) is 22.8. The Balaban J connectivity index is 0.000000169. The summed E-state index contributed by atoms with van der Waals surface area (Å²) in [5.41, 5.74) is 3.24. The molecule has 340 valence electrons. The second-order valence-electron chi connectivity index (χ2n) is 16.6. The van der Waals surface area contributed by atoms with Crippen LogP contribution in [0.4, 0.5) is 5.82 Å². The molecule has 7 heterocycles. The number of hydrogen-bond donors (Lipinski definition) is 4. The fourth-order valence-corrected chi connectivity index (χ4v) is 9.97. The van der Waals surface area contributed by atoms with Gasteiger partial charge in [0.15, 0.2) is 11.3 Å². The molecule has 2 aliphatic heterocycles. The van der Waals surface area contributed by atoms with E-state index in [1.807, 2.05) is 120 Å². The molecule has 5 aromatic heterocycles. The van der Waals surface area contributed by atoms with Crippen molar-refractivity contribution in [2.24, 2.45) is 0 Å². The lowest BCUT2D eigenvalue weighted by atomic mass is 9.70. The van der Waals surface area contributed by atoms with E-state index in [4.69, 9.17) is 24.4 Å². The Hall–Kier alpha value is -7.57. The molecule has 16 nitrogen and oxygen atoms in total. The van der Waals surface area contributed by atoms with E-state index in [1.165, 1.54) is 6.33 Å². The van der Waals surface area contributed by atoms with Gasteiger partial charge in [0.05, 0.1) is 18.1 Å². The second-order valence-corrected chi connectivity index (χ2v) is 17.4. The van der Waals surface area contributed by atoms with Crippen LogP contribution in [0.1, 0.15) is 48.5 Å². The highest BCUT2D eigenvalue weighted by molar-refractivity contribution is 7.71. The van der Waals surface area contributed by atoms with E-state index in [-0.39, 0.29) is 38.9 Å². The summed E-state index contributed by atoms with van der Waals surface area (Å²) in [5.74, 6) is 0.950. The van der Waals surface area contributed by atoms with Gasteiger partial charge in [0, 0.05) is 51.2 Å². The number of aromatic nitrogens is 9. The van der Waals surface area contributed by atoms with Crippen molar-refractivity contribution in [3.63, 3.8) is 0 Å². The van der Waals surface area contributed by atoms with Crippen LogP contribution in [0.15, 0.2) is 150 Å². The molecule has 8 aromatic rings. The number of anilines is 1. The molecule has 18 heteroatoms. The monoisotopic (exact) mass is 932 g/mol. The SMILES string of the molecule is C=C(C(c1ccccc1)n1cnc2[nH][nH]c(=O)c2c1=S)N1CCN(c2ccccn2)CC1.CC(=O)C1(c2ccccc2)CCN(C(=O)C(c2ccccc2)n2cnc3[nH][nH]c(=O)c3c2=S)CC1. The summed E-state index contributed by atoms with van der Waals surface area (Å²) in [4.78, 5) is 70.9. The van der Waals surface area contributed by atoms with E-state index < -0.39 is 11.5 Å². The lowest BCUT2D eigenvalue weighted by Gasteiger charge is -2.41. The number of allylic oxidation sites excluding steroid dienone is 1. The molecule has 10 rings (SSSR count). The molecule has 4 N–H and O–H groups in total. The number of piperazine rings is 1. The predicted molar refractivity (Wildman–Crippen MR) is 262 cm³/mol. The molecule has 2 saturated heterocycles. The van der Waals surface area contributed by atoms with Crippen molar-refractivity contribution in [2.45, 2.75) is 37.3 Å². The molecule has 2 unspecified atom stereocenters. The third-order valence-electron chi connectivity index (χ3n) is 13.0. The van der Waals surface area contributed by atoms with Gasteiger partial charge in [0.25, 0.3) is 11.1 Å². The number of ketones is 1. The summed E-state index contributed by atoms with van der Waals surface area (Å²) in [6, 6.07) is 34.1. The Morgan fingerprint density at radius 3 is 1.61 bits per heavy atom. The Bertz CT molecular complexity index is 3300. The average molecular weight is 933 g/mol. The van der Waals surface area contributed by atoms with Gasteiger partial charge in [0.1, 0.15) is 43.7 Å². The lowest BCUT2D eigenvalue weighted by molar-refractivity contribution is -0.137. The molecule has 2 fully saturated rings. The first-order valence-electron chi connectivity index (χ1n) is 22.0. The molecule has 3 aromatic carbocycles. The van der Waals surface area contributed by atoms with E-state index in [0.29, 0.717) is 47.3 Å². The molecular formula is C49H48N12O4S2. The third-order valence-corrected chi connectivity index (χ3v) is 13.8. The normalized spacial score (nSPS) is 15.7. The quantitative estimate of drug-likeness (QED) is 0.108. The zero-order chi connectivity index (χ0) is 46.7. The number of Topliss-reactive ketones (excluding diaryl/α,β-unsaturated/α-hetero) is 1. The number of likely N-dealkylation sites (tertiary alicyclic amines) is 1. The van der Waals surface area contributed by atoms with Gasteiger partial charge < -0.3 is 23.8 Å². The van der Waals surface area contributed by atoms with Crippen LogP contribution in [-0.4, -0.2) is 105 Å². The van der Waals surface area contributed by atoms with E-state index >= 15 is 0 Å². The van der Waals surface area contributed by atoms with Crippen molar-refractivity contribution < 1.29 is 9.59 Å². The molecule has 2 atom stereocenters. The molecular weight excluding hydrogens is 885 g/mol. The van der Waals surface area contributed by atoms with Gasteiger partial charge in [-0.1, -0.05) is 128 Å². The molecule has 0 spiro atoms. The van der Waals surface area contributed by atoms with Crippen LogP contribution in [0.2, 0.25) is 0 Å². The molecule has 0 radical (unpaired) electrons. The lowest BCUT2D eigenvalue weighted by Crippen LogP contribution is -2.50.